The average molecular weight is 250 g/mol. The van der Waals surface area contributed by atoms with Crippen molar-refractivity contribution in [2.75, 3.05) is 6.54 Å². The van der Waals surface area contributed by atoms with Gasteiger partial charge in [-0.3, -0.25) is 0 Å². The van der Waals surface area contributed by atoms with Gasteiger partial charge in [0.15, 0.2) is 0 Å². The van der Waals surface area contributed by atoms with Gasteiger partial charge >= 0.3 is 0 Å². The summed E-state index contributed by atoms with van der Waals surface area (Å²) >= 11 is 6.10. The number of hydrogen-bond acceptors (Lipinski definition) is 1. The largest absolute Gasteiger partial charge is 0.309 e. The molecule has 1 N–H and O–H groups in total. The van der Waals surface area contributed by atoms with Crippen molar-refractivity contribution in [2.45, 2.75) is 39.7 Å². The van der Waals surface area contributed by atoms with Crippen LogP contribution in [-0.4, -0.2) is 6.54 Å². The molecule has 1 aromatic carbocycles. The number of aryl methyl sites for hydroxylation is 1. The lowest BCUT2D eigenvalue weighted by molar-refractivity contribution is 0.542. The molecule has 0 fully saturated rings. The van der Waals surface area contributed by atoms with Crippen LogP contribution in [0.5, 0.6) is 0 Å². The van der Waals surface area contributed by atoms with E-state index >= 15 is 0 Å². The number of halogens is 1. The fraction of sp³-hybridized carbons (Fsp3) is 0.467. The van der Waals surface area contributed by atoms with E-state index in [0.717, 1.165) is 24.4 Å². The molecule has 1 atom stereocenters. The predicted octanol–water partition coefficient (Wildman–Crippen LogP) is 4.10. The van der Waals surface area contributed by atoms with Gasteiger partial charge in [0, 0.05) is 17.5 Å². The van der Waals surface area contributed by atoms with Gasteiger partial charge in [0.2, 0.25) is 0 Å². The Kier molecular flexibility index (Phi) is 6.11. The molecule has 1 rings (SSSR count). The first-order valence-electron chi connectivity index (χ1n) is 6.07. The fourth-order valence-corrected chi connectivity index (χ4v) is 2.09. The number of nitrogens with one attached hydrogen (secondary N) is 1. The van der Waals surface area contributed by atoms with E-state index in [0.29, 0.717) is 0 Å². The van der Waals surface area contributed by atoms with Gasteiger partial charge in [-0.2, -0.15) is 0 Å². The smallest absolute Gasteiger partial charge is 0.0431 e. The van der Waals surface area contributed by atoms with Gasteiger partial charge in [-0.25, -0.2) is 0 Å². The Labute approximate surface area is 110 Å². The number of hydrogen-bond donors (Lipinski definition) is 1. The molecule has 0 heterocycles. The van der Waals surface area contributed by atoms with E-state index < -0.39 is 0 Å². The molecular weight excluding hydrogens is 230 g/mol. The predicted molar refractivity (Wildman–Crippen MR) is 75.3 cm³/mol. The van der Waals surface area contributed by atoms with E-state index in [-0.39, 0.29) is 6.04 Å². The summed E-state index contributed by atoms with van der Waals surface area (Å²) in [6, 6.07) is 6.46. The van der Waals surface area contributed by atoms with Crippen molar-refractivity contribution in [2.24, 2.45) is 0 Å². The third-order valence-electron chi connectivity index (χ3n) is 2.59. The van der Waals surface area contributed by atoms with Crippen LogP contribution in [0.1, 0.15) is 43.9 Å². The SMILES string of the molecule is CC#CCC(NCCC)c1cc(C)cc(Cl)c1. The van der Waals surface area contributed by atoms with Crippen molar-refractivity contribution in [1.82, 2.24) is 5.32 Å². The zero-order valence-corrected chi connectivity index (χ0v) is 11.6. The molecule has 0 saturated carbocycles. The summed E-state index contributed by atoms with van der Waals surface area (Å²) in [5.74, 6) is 6.09. The van der Waals surface area contributed by atoms with Crippen LogP contribution in [-0.2, 0) is 0 Å². The van der Waals surface area contributed by atoms with Crippen molar-refractivity contribution in [1.29, 1.82) is 0 Å². The molecule has 17 heavy (non-hydrogen) atoms. The molecule has 0 aliphatic rings. The van der Waals surface area contributed by atoms with Crippen LogP contribution in [0.3, 0.4) is 0 Å². The van der Waals surface area contributed by atoms with Crippen molar-refractivity contribution >= 4 is 11.6 Å². The Balaban J connectivity index is 2.88. The second-order valence-corrected chi connectivity index (χ2v) is 4.64. The zero-order chi connectivity index (χ0) is 12.7. The molecule has 0 aliphatic carbocycles. The minimum atomic E-state index is 0.278. The van der Waals surface area contributed by atoms with E-state index in [1.807, 2.05) is 19.1 Å². The molecule has 0 saturated heterocycles. The van der Waals surface area contributed by atoms with Gasteiger partial charge in [0.05, 0.1) is 0 Å². The van der Waals surface area contributed by atoms with Crippen LogP contribution >= 0.6 is 11.6 Å². The highest BCUT2D eigenvalue weighted by molar-refractivity contribution is 6.30. The standard InChI is InChI=1S/C15H20ClN/c1-4-6-7-15(17-8-5-2)13-9-12(3)10-14(16)11-13/h9-11,15,17H,5,7-8H2,1-3H3. The van der Waals surface area contributed by atoms with Crippen molar-refractivity contribution in [3.05, 3.63) is 34.3 Å². The highest BCUT2D eigenvalue weighted by Gasteiger charge is 2.10. The first-order chi connectivity index (χ1) is 8.17. The minimum absolute atomic E-state index is 0.278. The maximum atomic E-state index is 6.10. The van der Waals surface area contributed by atoms with Crippen molar-refractivity contribution in [3.8, 4) is 11.8 Å². The third-order valence-corrected chi connectivity index (χ3v) is 2.81. The lowest BCUT2D eigenvalue weighted by atomic mass is 10.0. The van der Waals surface area contributed by atoms with Crippen LogP contribution in [0.4, 0.5) is 0 Å². The summed E-state index contributed by atoms with van der Waals surface area (Å²) in [6.45, 7) is 7.11. The van der Waals surface area contributed by atoms with Crippen LogP contribution in [0, 0.1) is 18.8 Å². The molecule has 1 nitrogen and oxygen atoms in total. The van der Waals surface area contributed by atoms with Crippen molar-refractivity contribution in [3.63, 3.8) is 0 Å². The highest BCUT2D eigenvalue weighted by Crippen LogP contribution is 2.22. The molecule has 1 unspecified atom stereocenters. The quantitative estimate of drug-likeness (QED) is 0.775. The maximum absolute atomic E-state index is 6.10. The van der Waals surface area contributed by atoms with E-state index in [4.69, 9.17) is 11.6 Å². The van der Waals surface area contributed by atoms with Crippen LogP contribution < -0.4 is 5.32 Å². The second-order valence-electron chi connectivity index (χ2n) is 4.20. The third kappa shape index (κ3) is 4.81. The van der Waals surface area contributed by atoms with Gasteiger partial charge in [-0.05, 0) is 50.1 Å². The molecule has 0 aliphatic heterocycles. The Morgan fingerprint density at radius 2 is 2.12 bits per heavy atom. The van der Waals surface area contributed by atoms with Crippen LogP contribution in [0.2, 0.25) is 5.02 Å². The summed E-state index contributed by atoms with van der Waals surface area (Å²) < 4.78 is 0. The summed E-state index contributed by atoms with van der Waals surface area (Å²) in [7, 11) is 0. The molecule has 0 radical (unpaired) electrons. The maximum Gasteiger partial charge on any atom is 0.0431 e. The van der Waals surface area contributed by atoms with E-state index in [9.17, 15) is 0 Å². The van der Waals surface area contributed by atoms with Gasteiger partial charge in [-0.1, -0.05) is 24.6 Å². The average Bonchev–Trinajstić information content (AvgIpc) is 2.28. The van der Waals surface area contributed by atoms with Gasteiger partial charge in [0.25, 0.3) is 0 Å². The Bertz CT molecular complexity index is 394. The highest BCUT2D eigenvalue weighted by atomic mass is 35.5. The normalized spacial score (nSPS) is 11.8. The van der Waals surface area contributed by atoms with Gasteiger partial charge in [-0.15, -0.1) is 11.8 Å². The Morgan fingerprint density at radius 1 is 1.35 bits per heavy atom. The summed E-state index contributed by atoms with van der Waals surface area (Å²) in [4.78, 5) is 0. The summed E-state index contributed by atoms with van der Waals surface area (Å²) in [6.07, 6.45) is 1.95. The summed E-state index contributed by atoms with van der Waals surface area (Å²) in [5, 5.41) is 4.31. The van der Waals surface area contributed by atoms with E-state index in [1.165, 1.54) is 11.1 Å². The second kappa shape index (κ2) is 7.37. The molecule has 0 bridgehead atoms. The molecule has 92 valence electrons. The van der Waals surface area contributed by atoms with Crippen molar-refractivity contribution < 1.29 is 0 Å². The Morgan fingerprint density at radius 3 is 2.71 bits per heavy atom. The number of rotatable bonds is 5. The molecule has 0 amide bonds. The molecule has 2 heteroatoms. The first kappa shape index (κ1) is 14.1. The zero-order valence-electron chi connectivity index (χ0n) is 10.8. The van der Waals surface area contributed by atoms with Crippen LogP contribution in [0.25, 0.3) is 0 Å². The molecule has 1 aromatic rings. The van der Waals surface area contributed by atoms with E-state index in [2.05, 4.69) is 37.1 Å². The molecule has 0 aromatic heterocycles. The molecule has 0 spiro atoms. The Hall–Kier alpha value is -0.970. The lowest BCUT2D eigenvalue weighted by Crippen LogP contribution is -2.21. The first-order valence-corrected chi connectivity index (χ1v) is 6.45. The van der Waals surface area contributed by atoms with Gasteiger partial charge < -0.3 is 5.32 Å². The fourth-order valence-electron chi connectivity index (χ4n) is 1.80. The summed E-state index contributed by atoms with van der Waals surface area (Å²) in [5.41, 5.74) is 2.42. The minimum Gasteiger partial charge on any atom is -0.309 e. The van der Waals surface area contributed by atoms with E-state index in [1.54, 1.807) is 0 Å². The van der Waals surface area contributed by atoms with Gasteiger partial charge in [0.1, 0.15) is 0 Å². The topological polar surface area (TPSA) is 12.0 Å². The molecular formula is C15H20ClN. The monoisotopic (exact) mass is 249 g/mol. The number of benzene rings is 1. The lowest BCUT2D eigenvalue weighted by Gasteiger charge is -2.17. The van der Waals surface area contributed by atoms with Crippen LogP contribution in [0.15, 0.2) is 18.2 Å².